The minimum Gasteiger partial charge on any atom is -0.512 e. The molecule has 0 radical (unpaired) electrons. The van der Waals surface area contributed by atoms with E-state index in [4.69, 9.17) is 9.84 Å². The number of aliphatic hydroxyl groups excluding tert-OH is 1. The van der Waals surface area contributed by atoms with Gasteiger partial charge in [0, 0.05) is 0 Å². The fraction of sp³-hybridized carbons (Fsp3) is 0.143. The van der Waals surface area contributed by atoms with E-state index in [1.165, 1.54) is 36.4 Å². The molecule has 0 saturated carbocycles. The molecule has 6 heteroatoms. The Labute approximate surface area is 114 Å². The van der Waals surface area contributed by atoms with Gasteiger partial charge in [0.25, 0.3) is 0 Å². The molecule has 1 atom stereocenters. The van der Waals surface area contributed by atoms with Gasteiger partial charge in [0.15, 0.2) is 0 Å². The summed E-state index contributed by atoms with van der Waals surface area (Å²) in [6.07, 6.45) is 3.70. The van der Waals surface area contributed by atoms with Crippen molar-refractivity contribution in [3.63, 3.8) is 0 Å². The number of hydrogen-bond acceptors (Lipinski definition) is 5. The second-order valence-electron chi connectivity index (χ2n) is 4.31. The molecular formula is C14H12O6. The Morgan fingerprint density at radius 2 is 1.95 bits per heavy atom. The van der Waals surface area contributed by atoms with Gasteiger partial charge in [0.05, 0.1) is 23.3 Å². The Balaban J connectivity index is 2.17. The van der Waals surface area contributed by atoms with Crippen LogP contribution >= 0.6 is 0 Å². The SMILES string of the molecule is O=C(O)c1cccc(C(=O)OC2(O)C=CC=C(O)C2)c1. The molecule has 0 saturated heterocycles. The lowest BCUT2D eigenvalue weighted by Crippen LogP contribution is -2.34. The van der Waals surface area contributed by atoms with Gasteiger partial charge in [0.2, 0.25) is 5.79 Å². The van der Waals surface area contributed by atoms with Crippen molar-refractivity contribution in [2.75, 3.05) is 0 Å². The van der Waals surface area contributed by atoms with Crippen molar-refractivity contribution < 1.29 is 29.6 Å². The van der Waals surface area contributed by atoms with Gasteiger partial charge in [-0.25, -0.2) is 9.59 Å². The van der Waals surface area contributed by atoms with Gasteiger partial charge in [-0.05, 0) is 30.4 Å². The molecule has 0 aliphatic heterocycles. The van der Waals surface area contributed by atoms with Crippen molar-refractivity contribution in [1.29, 1.82) is 0 Å². The van der Waals surface area contributed by atoms with Crippen LogP contribution in [-0.2, 0) is 4.74 Å². The highest BCUT2D eigenvalue weighted by Crippen LogP contribution is 2.24. The van der Waals surface area contributed by atoms with E-state index in [1.807, 2.05) is 0 Å². The summed E-state index contributed by atoms with van der Waals surface area (Å²) in [7, 11) is 0. The molecule has 0 bridgehead atoms. The molecule has 1 aliphatic rings. The fourth-order valence-corrected chi connectivity index (χ4v) is 1.76. The van der Waals surface area contributed by atoms with Crippen LogP contribution in [0.1, 0.15) is 27.1 Å². The zero-order chi connectivity index (χ0) is 14.8. The molecule has 20 heavy (non-hydrogen) atoms. The lowest BCUT2D eigenvalue weighted by Gasteiger charge is -2.26. The van der Waals surface area contributed by atoms with E-state index in [9.17, 15) is 19.8 Å². The van der Waals surface area contributed by atoms with Gasteiger partial charge in [-0.1, -0.05) is 12.1 Å². The van der Waals surface area contributed by atoms with Crippen LogP contribution in [-0.4, -0.2) is 33.0 Å². The van der Waals surface area contributed by atoms with Crippen LogP contribution in [0.5, 0.6) is 0 Å². The first kappa shape index (κ1) is 13.8. The van der Waals surface area contributed by atoms with E-state index >= 15 is 0 Å². The van der Waals surface area contributed by atoms with Crippen molar-refractivity contribution in [1.82, 2.24) is 0 Å². The zero-order valence-corrected chi connectivity index (χ0v) is 10.3. The lowest BCUT2D eigenvalue weighted by molar-refractivity contribution is -0.131. The molecule has 2 rings (SSSR count). The number of benzene rings is 1. The van der Waals surface area contributed by atoms with Crippen molar-refractivity contribution in [2.45, 2.75) is 12.2 Å². The molecule has 0 spiro atoms. The standard InChI is InChI=1S/C14H12O6/c15-11-5-2-6-14(19,8-11)20-13(18)10-4-1-3-9(7-10)12(16)17/h1-7,15,19H,8H2,(H,16,17). The molecule has 0 heterocycles. The molecule has 0 aromatic heterocycles. The number of aromatic carboxylic acids is 1. The smallest absolute Gasteiger partial charge is 0.340 e. The van der Waals surface area contributed by atoms with E-state index in [0.717, 1.165) is 6.07 Å². The molecular weight excluding hydrogens is 264 g/mol. The third-order valence-corrected chi connectivity index (χ3v) is 2.69. The number of rotatable bonds is 3. The monoisotopic (exact) mass is 276 g/mol. The van der Waals surface area contributed by atoms with E-state index in [0.29, 0.717) is 0 Å². The average Bonchev–Trinajstić information content (AvgIpc) is 2.38. The van der Waals surface area contributed by atoms with Crippen molar-refractivity contribution >= 4 is 11.9 Å². The highest BCUT2D eigenvalue weighted by Gasteiger charge is 2.32. The van der Waals surface area contributed by atoms with Gasteiger partial charge in [-0.2, -0.15) is 0 Å². The van der Waals surface area contributed by atoms with Gasteiger partial charge < -0.3 is 20.1 Å². The second-order valence-corrected chi connectivity index (χ2v) is 4.31. The van der Waals surface area contributed by atoms with Crippen LogP contribution in [0.25, 0.3) is 0 Å². The first-order valence-corrected chi connectivity index (χ1v) is 5.76. The topological polar surface area (TPSA) is 104 Å². The maximum Gasteiger partial charge on any atom is 0.340 e. The summed E-state index contributed by atoms with van der Waals surface area (Å²) in [6, 6.07) is 5.26. The molecule has 0 amide bonds. The third kappa shape index (κ3) is 3.04. The van der Waals surface area contributed by atoms with Crippen LogP contribution in [0.2, 0.25) is 0 Å². The van der Waals surface area contributed by atoms with Crippen molar-refractivity contribution in [2.24, 2.45) is 0 Å². The van der Waals surface area contributed by atoms with Crippen LogP contribution in [0.15, 0.2) is 48.3 Å². The molecule has 1 aromatic rings. The Kier molecular flexibility index (Phi) is 3.58. The third-order valence-electron chi connectivity index (χ3n) is 2.69. The molecule has 104 valence electrons. The lowest BCUT2D eigenvalue weighted by atomic mass is 10.1. The fourth-order valence-electron chi connectivity index (χ4n) is 1.76. The van der Waals surface area contributed by atoms with Gasteiger partial charge >= 0.3 is 11.9 Å². The molecule has 1 unspecified atom stereocenters. The van der Waals surface area contributed by atoms with Crippen LogP contribution in [0, 0.1) is 0 Å². The van der Waals surface area contributed by atoms with Gasteiger partial charge in [0.1, 0.15) is 0 Å². The maximum absolute atomic E-state index is 11.9. The van der Waals surface area contributed by atoms with Gasteiger partial charge in [-0.15, -0.1) is 0 Å². The summed E-state index contributed by atoms with van der Waals surface area (Å²) < 4.78 is 4.91. The normalized spacial score (nSPS) is 21.1. The number of ether oxygens (including phenoxy) is 1. The minimum absolute atomic E-state index is 0.000711. The van der Waals surface area contributed by atoms with E-state index in [1.54, 1.807) is 0 Å². The van der Waals surface area contributed by atoms with Gasteiger partial charge in [-0.3, -0.25) is 0 Å². The Morgan fingerprint density at radius 1 is 1.25 bits per heavy atom. The minimum atomic E-state index is -1.94. The summed E-state index contributed by atoms with van der Waals surface area (Å²) >= 11 is 0. The van der Waals surface area contributed by atoms with E-state index < -0.39 is 17.7 Å². The van der Waals surface area contributed by atoms with Crippen molar-refractivity contribution in [3.8, 4) is 0 Å². The van der Waals surface area contributed by atoms with E-state index in [-0.39, 0.29) is 23.3 Å². The Morgan fingerprint density at radius 3 is 2.60 bits per heavy atom. The second kappa shape index (κ2) is 5.18. The highest BCUT2D eigenvalue weighted by atomic mass is 16.7. The first-order chi connectivity index (χ1) is 9.39. The Bertz CT molecular complexity index is 616. The predicted octanol–water partition coefficient (Wildman–Crippen LogP) is 1.63. The van der Waals surface area contributed by atoms with E-state index in [2.05, 4.69) is 0 Å². The van der Waals surface area contributed by atoms with Crippen molar-refractivity contribution in [3.05, 3.63) is 59.4 Å². The Hall–Kier alpha value is -2.60. The molecule has 1 aliphatic carbocycles. The number of carbonyl (C=O) groups is 2. The van der Waals surface area contributed by atoms with Crippen LogP contribution in [0.4, 0.5) is 0 Å². The molecule has 1 aromatic carbocycles. The first-order valence-electron chi connectivity index (χ1n) is 5.76. The number of aliphatic hydroxyl groups is 2. The average molecular weight is 276 g/mol. The summed E-state index contributed by atoms with van der Waals surface area (Å²) in [5.74, 6) is -4.11. The number of allylic oxidation sites excluding steroid dienone is 2. The van der Waals surface area contributed by atoms with Crippen LogP contribution < -0.4 is 0 Å². The maximum atomic E-state index is 11.9. The number of carboxylic acids is 1. The zero-order valence-electron chi connectivity index (χ0n) is 10.3. The summed E-state index contributed by atoms with van der Waals surface area (Å²) in [6.45, 7) is 0. The molecule has 6 nitrogen and oxygen atoms in total. The number of hydrogen-bond donors (Lipinski definition) is 3. The molecule has 0 fully saturated rings. The summed E-state index contributed by atoms with van der Waals surface area (Å²) in [4.78, 5) is 22.7. The largest absolute Gasteiger partial charge is 0.512 e. The summed E-state index contributed by atoms with van der Waals surface area (Å²) in [5.41, 5.74) is -0.0610. The molecule has 3 N–H and O–H groups in total. The number of esters is 1. The quantitative estimate of drug-likeness (QED) is 0.572. The predicted molar refractivity (Wildman–Crippen MR) is 68.2 cm³/mol. The highest BCUT2D eigenvalue weighted by molar-refractivity contribution is 5.94. The van der Waals surface area contributed by atoms with Crippen LogP contribution in [0.3, 0.4) is 0 Å². The number of carbonyl (C=O) groups excluding carboxylic acids is 1. The summed E-state index contributed by atoms with van der Waals surface area (Å²) in [5, 5.41) is 28.2. The number of carboxylic acid groups (broad SMARTS) is 1.